The van der Waals surface area contributed by atoms with Crippen molar-refractivity contribution in [1.82, 2.24) is 15.1 Å². The molecule has 5 heteroatoms. The van der Waals surface area contributed by atoms with E-state index >= 15 is 0 Å². The monoisotopic (exact) mass is 399 g/mol. The van der Waals surface area contributed by atoms with Crippen molar-refractivity contribution < 1.29 is 0 Å². The lowest BCUT2D eigenvalue weighted by Gasteiger charge is -2.32. The lowest BCUT2D eigenvalue weighted by molar-refractivity contribution is 0.177. The van der Waals surface area contributed by atoms with Crippen molar-refractivity contribution in [3.8, 4) is 11.3 Å². The predicted octanol–water partition coefficient (Wildman–Crippen LogP) is 5.84. The first kappa shape index (κ1) is 18.5. The van der Waals surface area contributed by atoms with Gasteiger partial charge in [-0.05, 0) is 62.0 Å². The van der Waals surface area contributed by atoms with Gasteiger partial charge in [-0.15, -0.1) is 0 Å². The van der Waals surface area contributed by atoms with Crippen LogP contribution in [0.15, 0.2) is 54.7 Å². The van der Waals surface area contributed by atoms with Gasteiger partial charge in [-0.25, -0.2) is 0 Å². The maximum atomic E-state index is 6.39. The summed E-state index contributed by atoms with van der Waals surface area (Å²) in [4.78, 5) is 2.51. The number of piperidine rings is 1. The van der Waals surface area contributed by atoms with Gasteiger partial charge in [0.25, 0.3) is 0 Å². The van der Waals surface area contributed by atoms with Gasteiger partial charge < -0.3 is 0 Å². The van der Waals surface area contributed by atoms with Gasteiger partial charge in [0.15, 0.2) is 0 Å². The van der Waals surface area contributed by atoms with E-state index in [-0.39, 0.29) is 0 Å². The van der Waals surface area contributed by atoms with Crippen LogP contribution in [0.5, 0.6) is 0 Å². The molecule has 140 valence electrons. The van der Waals surface area contributed by atoms with Gasteiger partial charge in [0.2, 0.25) is 0 Å². The van der Waals surface area contributed by atoms with Crippen LogP contribution in [-0.2, 0) is 13.0 Å². The van der Waals surface area contributed by atoms with Crippen LogP contribution in [0.1, 0.15) is 24.0 Å². The molecule has 1 aliphatic rings. The smallest absolute Gasteiger partial charge is 0.0710 e. The highest BCUT2D eigenvalue weighted by Gasteiger charge is 2.21. The molecule has 0 unspecified atom stereocenters. The van der Waals surface area contributed by atoms with Crippen molar-refractivity contribution in [3.63, 3.8) is 0 Å². The zero-order valence-corrected chi connectivity index (χ0v) is 16.7. The number of nitrogens with one attached hydrogen (secondary N) is 1. The predicted molar refractivity (Wildman–Crippen MR) is 112 cm³/mol. The summed E-state index contributed by atoms with van der Waals surface area (Å²) in [6.07, 6.45) is 5.58. The molecule has 0 amide bonds. The minimum Gasteiger partial charge on any atom is -0.299 e. The van der Waals surface area contributed by atoms with Gasteiger partial charge >= 0.3 is 0 Å². The third-order valence-corrected chi connectivity index (χ3v) is 5.93. The van der Waals surface area contributed by atoms with E-state index in [0.717, 1.165) is 36.8 Å². The van der Waals surface area contributed by atoms with E-state index in [2.05, 4.69) is 45.4 Å². The van der Waals surface area contributed by atoms with Crippen LogP contribution in [0.25, 0.3) is 11.3 Å². The number of H-pyrrole nitrogens is 1. The van der Waals surface area contributed by atoms with Crippen LogP contribution in [0, 0.1) is 5.92 Å². The third kappa shape index (κ3) is 4.55. The number of aromatic amines is 1. The molecule has 0 atom stereocenters. The highest BCUT2D eigenvalue weighted by molar-refractivity contribution is 6.36. The Morgan fingerprint density at radius 2 is 1.81 bits per heavy atom. The molecule has 27 heavy (non-hydrogen) atoms. The van der Waals surface area contributed by atoms with Crippen LogP contribution in [0.4, 0.5) is 0 Å². The van der Waals surface area contributed by atoms with E-state index in [4.69, 9.17) is 23.2 Å². The molecule has 3 aromatic rings. The zero-order valence-electron chi connectivity index (χ0n) is 15.2. The van der Waals surface area contributed by atoms with Gasteiger partial charge in [-0.2, -0.15) is 5.10 Å². The van der Waals surface area contributed by atoms with Crippen molar-refractivity contribution in [2.75, 3.05) is 13.1 Å². The van der Waals surface area contributed by atoms with E-state index in [1.807, 2.05) is 18.3 Å². The first-order valence-electron chi connectivity index (χ1n) is 9.43. The SMILES string of the molecule is Clc1ccc(-c2[nH]ncc2CN2CCC(Cc3ccccc3)CC2)c(Cl)c1. The third-order valence-electron chi connectivity index (χ3n) is 5.39. The average molecular weight is 400 g/mol. The summed E-state index contributed by atoms with van der Waals surface area (Å²) in [5, 5.41) is 8.66. The Kier molecular flexibility index (Phi) is 5.82. The Labute approximate surface area is 170 Å². The molecule has 1 aliphatic heterocycles. The summed E-state index contributed by atoms with van der Waals surface area (Å²) in [6, 6.07) is 16.4. The normalized spacial score (nSPS) is 15.9. The lowest BCUT2D eigenvalue weighted by atomic mass is 9.90. The Morgan fingerprint density at radius 1 is 1.04 bits per heavy atom. The molecule has 2 heterocycles. The van der Waals surface area contributed by atoms with Gasteiger partial charge in [0, 0.05) is 22.7 Å². The molecule has 1 N–H and O–H groups in total. The number of nitrogens with zero attached hydrogens (tertiary/aromatic N) is 2. The highest BCUT2D eigenvalue weighted by Crippen LogP contribution is 2.32. The summed E-state index contributed by atoms with van der Waals surface area (Å²) < 4.78 is 0. The summed E-state index contributed by atoms with van der Waals surface area (Å²) in [6.45, 7) is 3.13. The van der Waals surface area contributed by atoms with E-state index in [9.17, 15) is 0 Å². The minimum absolute atomic E-state index is 0.644. The lowest BCUT2D eigenvalue weighted by Crippen LogP contribution is -2.33. The molecular weight excluding hydrogens is 377 g/mol. The molecule has 0 aliphatic carbocycles. The molecule has 4 rings (SSSR count). The minimum atomic E-state index is 0.644. The number of rotatable bonds is 5. The average Bonchev–Trinajstić information content (AvgIpc) is 3.12. The fourth-order valence-electron chi connectivity index (χ4n) is 3.89. The molecule has 0 spiro atoms. The largest absolute Gasteiger partial charge is 0.299 e. The van der Waals surface area contributed by atoms with E-state index < -0.39 is 0 Å². The van der Waals surface area contributed by atoms with Gasteiger partial charge in [-0.1, -0.05) is 53.5 Å². The quantitative estimate of drug-likeness (QED) is 0.584. The van der Waals surface area contributed by atoms with Crippen LogP contribution in [0.3, 0.4) is 0 Å². The van der Waals surface area contributed by atoms with Crippen LogP contribution in [-0.4, -0.2) is 28.2 Å². The second-order valence-corrected chi connectivity index (χ2v) is 8.15. The number of hydrogen-bond acceptors (Lipinski definition) is 2. The second kappa shape index (κ2) is 8.47. The molecule has 0 bridgehead atoms. The number of likely N-dealkylation sites (tertiary alicyclic amines) is 1. The molecule has 0 saturated carbocycles. The molecular formula is C22H23Cl2N3. The van der Waals surface area contributed by atoms with E-state index in [1.165, 1.54) is 30.4 Å². The van der Waals surface area contributed by atoms with Crippen LogP contribution in [0.2, 0.25) is 10.0 Å². The first-order chi connectivity index (χ1) is 13.2. The molecule has 2 aromatic carbocycles. The fourth-order valence-corrected chi connectivity index (χ4v) is 4.40. The Balaban J connectivity index is 1.38. The van der Waals surface area contributed by atoms with Gasteiger partial charge in [-0.3, -0.25) is 10.00 Å². The summed E-state index contributed by atoms with van der Waals surface area (Å²) in [5.41, 5.74) is 4.57. The highest BCUT2D eigenvalue weighted by atomic mass is 35.5. The van der Waals surface area contributed by atoms with Crippen molar-refractivity contribution in [1.29, 1.82) is 0 Å². The molecule has 0 radical (unpaired) electrons. The maximum Gasteiger partial charge on any atom is 0.0710 e. The standard InChI is InChI=1S/C22H23Cl2N3/c23-19-6-7-20(21(24)13-19)22-18(14-25-26-22)15-27-10-8-17(9-11-27)12-16-4-2-1-3-5-16/h1-7,13-14,17H,8-12,15H2,(H,25,26). The summed E-state index contributed by atoms with van der Waals surface area (Å²) in [5.74, 6) is 0.776. The van der Waals surface area contributed by atoms with Crippen LogP contribution >= 0.6 is 23.2 Å². The second-order valence-electron chi connectivity index (χ2n) is 7.30. The summed E-state index contributed by atoms with van der Waals surface area (Å²) >= 11 is 12.4. The van der Waals surface area contributed by atoms with Gasteiger partial charge in [0.05, 0.1) is 16.9 Å². The Hall–Kier alpha value is -1.81. The number of hydrogen-bond donors (Lipinski definition) is 1. The molecule has 1 saturated heterocycles. The van der Waals surface area contributed by atoms with Crippen molar-refractivity contribution in [2.45, 2.75) is 25.8 Å². The molecule has 1 fully saturated rings. The van der Waals surface area contributed by atoms with Crippen LogP contribution < -0.4 is 0 Å². The summed E-state index contributed by atoms with van der Waals surface area (Å²) in [7, 11) is 0. The molecule has 3 nitrogen and oxygen atoms in total. The van der Waals surface area contributed by atoms with Crippen molar-refractivity contribution in [3.05, 3.63) is 75.9 Å². The number of halogens is 2. The zero-order chi connectivity index (χ0) is 18.6. The van der Waals surface area contributed by atoms with Crippen molar-refractivity contribution in [2.24, 2.45) is 5.92 Å². The maximum absolute atomic E-state index is 6.39. The van der Waals surface area contributed by atoms with Gasteiger partial charge in [0.1, 0.15) is 0 Å². The number of benzene rings is 2. The first-order valence-corrected chi connectivity index (χ1v) is 10.2. The molecule has 1 aromatic heterocycles. The van der Waals surface area contributed by atoms with Crippen molar-refractivity contribution >= 4 is 23.2 Å². The Morgan fingerprint density at radius 3 is 2.56 bits per heavy atom. The topological polar surface area (TPSA) is 31.9 Å². The van der Waals surface area contributed by atoms with E-state index in [0.29, 0.717) is 10.0 Å². The van der Waals surface area contributed by atoms with E-state index in [1.54, 1.807) is 6.07 Å². The number of aromatic nitrogens is 2. The fraction of sp³-hybridized carbons (Fsp3) is 0.318. The Bertz CT molecular complexity index is 884.